The summed E-state index contributed by atoms with van der Waals surface area (Å²) in [4.78, 5) is 0. The number of halogens is 2. The van der Waals surface area contributed by atoms with Crippen LogP contribution in [0.5, 0.6) is 0 Å². The summed E-state index contributed by atoms with van der Waals surface area (Å²) < 4.78 is 13.2. The Hall–Kier alpha value is -1.38. The summed E-state index contributed by atoms with van der Waals surface area (Å²) in [5.74, 6) is -0.293. The molecular weight excluding hydrogens is 285 g/mol. The number of nitrogens with one attached hydrogen (secondary N) is 1. The summed E-state index contributed by atoms with van der Waals surface area (Å²) in [7, 11) is 0. The molecule has 0 heterocycles. The maximum Gasteiger partial charge on any atom is 0.124 e. The Morgan fingerprint density at radius 2 is 2.05 bits per heavy atom. The smallest absolute Gasteiger partial charge is 0.124 e. The van der Waals surface area contributed by atoms with Gasteiger partial charge in [-0.25, -0.2) is 4.39 Å². The van der Waals surface area contributed by atoms with Crippen molar-refractivity contribution in [3.8, 4) is 0 Å². The van der Waals surface area contributed by atoms with Crippen molar-refractivity contribution < 1.29 is 4.39 Å². The number of aryl methyl sites for hydroxylation is 1. The molecule has 2 aromatic rings. The lowest BCUT2D eigenvalue weighted by atomic mass is 9.87. The fraction of sp³-hybridized carbons (Fsp3) is 0.333. The lowest BCUT2D eigenvalue weighted by molar-refractivity contribution is 0.415. The lowest BCUT2D eigenvalue weighted by Crippen LogP contribution is -2.28. The molecule has 0 radical (unpaired) electrons. The van der Waals surface area contributed by atoms with Crippen LogP contribution >= 0.6 is 11.6 Å². The highest BCUT2D eigenvalue weighted by Crippen LogP contribution is 2.33. The van der Waals surface area contributed by atoms with Gasteiger partial charge in [0, 0.05) is 17.1 Å². The van der Waals surface area contributed by atoms with E-state index in [9.17, 15) is 4.39 Å². The summed E-state index contributed by atoms with van der Waals surface area (Å²) in [5.41, 5.74) is 3.76. The number of fused-ring (bicyclic) bond motifs is 1. The van der Waals surface area contributed by atoms with Crippen LogP contribution in [0.2, 0.25) is 5.02 Å². The van der Waals surface area contributed by atoms with Crippen molar-refractivity contribution in [1.29, 1.82) is 0 Å². The molecule has 1 nitrogen and oxygen atoms in total. The summed E-state index contributed by atoms with van der Waals surface area (Å²) in [6.45, 7) is 2.08. The van der Waals surface area contributed by atoms with Crippen LogP contribution in [0.1, 0.15) is 48.5 Å². The van der Waals surface area contributed by atoms with Gasteiger partial charge >= 0.3 is 0 Å². The number of hydrogen-bond donors (Lipinski definition) is 1. The summed E-state index contributed by atoms with van der Waals surface area (Å²) in [5, 5.41) is 4.13. The zero-order valence-corrected chi connectivity index (χ0v) is 12.8. The highest BCUT2D eigenvalue weighted by atomic mass is 35.5. The monoisotopic (exact) mass is 303 g/mol. The molecule has 2 atom stereocenters. The minimum absolute atomic E-state index is 0.0919. The zero-order chi connectivity index (χ0) is 14.8. The number of benzene rings is 2. The van der Waals surface area contributed by atoms with Crippen molar-refractivity contribution >= 4 is 11.6 Å². The van der Waals surface area contributed by atoms with E-state index in [-0.39, 0.29) is 11.9 Å². The van der Waals surface area contributed by atoms with E-state index >= 15 is 0 Å². The fourth-order valence-electron chi connectivity index (χ4n) is 3.17. The fourth-order valence-corrected chi connectivity index (χ4v) is 3.50. The second-order valence-corrected chi connectivity index (χ2v) is 6.11. The zero-order valence-electron chi connectivity index (χ0n) is 12.1. The Balaban J connectivity index is 1.81. The van der Waals surface area contributed by atoms with Crippen LogP contribution in [0.4, 0.5) is 4.39 Å². The molecule has 0 spiro atoms. The highest BCUT2D eigenvalue weighted by Gasteiger charge is 2.22. The van der Waals surface area contributed by atoms with Crippen molar-refractivity contribution in [2.24, 2.45) is 0 Å². The van der Waals surface area contributed by atoms with Crippen molar-refractivity contribution in [3.63, 3.8) is 0 Å². The van der Waals surface area contributed by atoms with Gasteiger partial charge in [0.15, 0.2) is 0 Å². The highest BCUT2D eigenvalue weighted by molar-refractivity contribution is 6.31. The summed E-state index contributed by atoms with van der Waals surface area (Å²) in [6.07, 6.45) is 3.47. The second-order valence-electron chi connectivity index (χ2n) is 5.70. The molecule has 1 aliphatic rings. The van der Waals surface area contributed by atoms with Crippen LogP contribution in [0.3, 0.4) is 0 Å². The normalized spacial score (nSPS) is 19.1. The van der Waals surface area contributed by atoms with Crippen LogP contribution in [0, 0.1) is 5.82 Å². The minimum atomic E-state index is -0.293. The molecule has 21 heavy (non-hydrogen) atoms. The van der Waals surface area contributed by atoms with Crippen molar-refractivity contribution in [2.75, 3.05) is 0 Å². The van der Waals surface area contributed by atoms with Gasteiger partial charge in [0.1, 0.15) is 5.82 Å². The SMILES string of the molecule is CC(NC1CCCc2ccccc21)c1ccc(F)cc1Cl. The van der Waals surface area contributed by atoms with E-state index in [0.717, 1.165) is 18.4 Å². The van der Waals surface area contributed by atoms with E-state index in [1.807, 2.05) is 0 Å². The second kappa shape index (κ2) is 6.17. The maximum atomic E-state index is 13.2. The predicted octanol–water partition coefficient (Wildman–Crippen LogP) is 5.21. The Morgan fingerprint density at radius 3 is 2.86 bits per heavy atom. The minimum Gasteiger partial charge on any atom is -0.303 e. The van der Waals surface area contributed by atoms with Gasteiger partial charge in [0.05, 0.1) is 0 Å². The molecule has 2 aromatic carbocycles. The van der Waals surface area contributed by atoms with Crippen LogP contribution in [-0.2, 0) is 6.42 Å². The third-order valence-electron chi connectivity index (χ3n) is 4.25. The van der Waals surface area contributed by atoms with Crippen molar-refractivity contribution in [2.45, 2.75) is 38.3 Å². The summed E-state index contributed by atoms with van der Waals surface area (Å²) in [6, 6.07) is 13.6. The molecule has 0 saturated heterocycles. The first-order valence-electron chi connectivity index (χ1n) is 7.44. The molecule has 2 unspecified atom stereocenters. The van der Waals surface area contributed by atoms with E-state index in [0.29, 0.717) is 11.1 Å². The van der Waals surface area contributed by atoms with E-state index in [4.69, 9.17) is 11.6 Å². The Labute approximate surface area is 130 Å². The van der Waals surface area contributed by atoms with Gasteiger partial charge in [-0.3, -0.25) is 0 Å². The molecule has 0 fully saturated rings. The van der Waals surface area contributed by atoms with Gasteiger partial charge in [-0.1, -0.05) is 41.9 Å². The van der Waals surface area contributed by atoms with Gasteiger partial charge in [0.2, 0.25) is 0 Å². The van der Waals surface area contributed by atoms with Crippen LogP contribution < -0.4 is 5.32 Å². The Bertz CT molecular complexity index is 641. The van der Waals surface area contributed by atoms with Gasteiger partial charge in [0.25, 0.3) is 0 Å². The largest absolute Gasteiger partial charge is 0.303 e. The van der Waals surface area contributed by atoms with Crippen molar-refractivity contribution in [3.05, 3.63) is 70.0 Å². The molecule has 1 N–H and O–H groups in total. The molecule has 0 amide bonds. The summed E-state index contributed by atoms with van der Waals surface area (Å²) >= 11 is 6.16. The Kier molecular flexibility index (Phi) is 4.27. The van der Waals surface area contributed by atoms with E-state index in [1.54, 1.807) is 6.07 Å². The third-order valence-corrected chi connectivity index (χ3v) is 4.58. The average Bonchev–Trinajstić information content (AvgIpc) is 2.47. The molecule has 3 heteroatoms. The van der Waals surface area contributed by atoms with Gasteiger partial charge in [-0.2, -0.15) is 0 Å². The molecule has 0 bridgehead atoms. The van der Waals surface area contributed by atoms with Crippen LogP contribution in [0.25, 0.3) is 0 Å². The molecule has 0 aromatic heterocycles. The van der Waals surface area contributed by atoms with Crippen LogP contribution in [-0.4, -0.2) is 0 Å². The Morgan fingerprint density at radius 1 is 1.24 bits per heavy atom. The number of hydrogen-bond acceptors (Lipinski definition) is 1. The van der Waals surface area contributed by atoms with Gasteiger partial charge < -0.3 is 5.32 Å². The molecular formula is C18H19ClFN. The van der Waals surface area contributed by atoms with E-state index in [2.05, 4.69) is 36.5 Å². The standard InChI is InChI=1S/C18H19ClFN/c1-12(15-10-9-14(20)11-17(15)19)21-18-8-4-6-13-5-2-3-7-16(13)18/h2-3,5,7,9-12,18,21H,4,6,8H2,1H3. The lowest BCUT2D eigenvalue weighted by Gasteiger charge is -2.29. The third kappa shape index (κ3) is 3.12. The van der Waals surface area contributed by atoms with E-state index < -0.39 is 0 Å². The first kappa shape index (κ1) is 14.6. The topological polar surface area (TPSA) is 12.0 Å². The maximum absolute atomic E-state index is 13.2. The first-order valence-corrected chi connectivity index (χ1v) is 7.82. The predicted molar refractivity (Wildman–Crippen MR) is 85.1 cm³/mol. The quantitative estimate of drug-likeness (QED) is 0.821. The average molecular weight is 304 g/mol. The van der Waals surface area contributed by atoms with E-state index in [1.165, 1.54) is 29.7 Å². The van der Waals surface area contributed by atoms with Crippen molar-refractivity contribution in [1.82, 2.24) is 5.32 Å². The van der Waals surface area contributed by atoms with Crippen LogP contribution in [0.15, 0.2) is 42.5 Å². The molecule has 110 valence electrons. The number of rotatable bonds is 3. The first-order chi connectivity index (χ1) is 10.1. The molecule has 0 saturated carbocycles. The molecule has 0 aliphatic heterocycles. The molecule has 3 rings (SSSR count). The van der Waals surface area contributed by atoms with Gasteiger partial charge in [-0.15, -0.1) is 0 Å². The molecule has 1 aliphatic carbocycles. The van der Waals surface area contributed by atoms with Gasteiger partial charge in [-0.05, 0) is 55.0 Å².